The van der Waals surface area contributed by atoms with Gasteiger partial charge in [-0.15, -0.1) is 0 Å². The number of sulfonamides is 1. The third-order valence-electron chi connectivity index (χ3n) is 8.88. The van der Waals surface area contributed by atoms with Crippen LogP contribution in [0.4, 0.5) is 0 Å². The summed E-state index contributed by atoms with van der Waals surface area (Å²) in [4.78, 5) is 58.2. The molecule has 2 aromatic rings. The Bertz CT molecular complexity index is 1540. The zero-order valence-corrected chi connectivity index (χ0v) is 28.6. The molecular weight excluding hydrogens is 644 g/mol. The van der Waals surface area contributed by atoms with E-state index in [9.17, 15) is 27.6 Å². The second kappa shape index (κ2) is 16.5. The lowest BCUT2D eigenvalue weighted by atomic mass is 9.95. The van der Waals surface area contributed by atoms with Crippen molar-refractivity contribution in [2.45, 2.75) is 70.5 Å². The predicted molar refractivity (Wildman–Crippen MR) is 179 cm³/mol. The largest absolute Gasteiger partial charge is 0.350 e. The molecular formula is C33H45ClN6O6S. The lowest BCUT2D eigenvalue weighted by Crippen LogP contribution is -2.63. The fourth-order valence-corrected chi connectivity index (χ4v) is 7.75. The van der Waals surface area contributed by atoms with E-state index in [1.165, 1.54) is 16.7 Å². The SMILES string of the molecule is CC(=O)N1CCN(C(=O)C(C)C(CC(=O)N2CCCCC2)NS(=O)(=O)Cc2ccccc2)C(C(=O)NCc2cc(Cl)ccc2CN)C1. The van der Waals surface area contributed by atoms with Gasteiger partial charge >= 0.3 is 0 Å². The summed E-state index contributed by atoms with van der Waals surface area (Å²) in [5.74, 6) is -2.75. The highest BCUT2D eigenvalue weighted by atomic mass is 35.5. The Labute approximate surface area is 282 Å². The quantitative estimate of drug-likeness (QED) is 0.307. The lowest BCUT2D eigenvalue weighted by molar-refractivity contribution is -0.151. The van der Waals surface area contributed by atoms with Crippen molar-refractivity contribution in [3.8, 4) is 0 Å². The topological polar surface area (TPSA) is 162 Å². The summed E-state index contributed by atoms with van der Waals surface area (Å²) >= 11 is 6.17. The Kier molecular flexibility index (Phi) is 12.8. The van der Waals surface area contributed by atoms with Gasteiger partial charge in [-0.25, -0.2) is 13.1 Å². The molecule has 0 bridgehead atoms. The number of carbonyl (C=O) groups excluding carboxylic acids is 4. The number of amides is 4. The number of likely N-dealkylation sites (tertiary alicyclic amines) is 1. The van der Waals surface area contributed by atoms with Gasteiger partial charge in [0.1, 0.15) is 6.04 Å². The maximum Gasteiger partial charge on any atom is 0.244 e. The minimum atomic E-state index is -3.96. The Morgan fingerprint density at radius 3 is 2.32 bits per heavy atom. The van der Waals surface area contributed by atoms with Crippen molar-refractivity contribution < 1.29 is 27.6 Å². The Balaban J connectivity index is 1.56. The monoisotopic (exact) mass is 688 g/mol. The highest BCUT2D eigenvalue weighted by Crippen LogP contribution is 2.22. The van der Waals surface area contributed by atoms with Crippen molar-refractivity contribution in [1.82, 2.24) is 24.7 Å². The lowest BCUT2D eigenvalue weighted by Gasteiger charge is -2.42. The van der Waals surface area contributed by atoms with E-state index in [1.807, 2.05) is 0 Å². The molecule has 0 aromatic heterocycles. The molecule has 3 unspecified atom stereocenters. The van der Waals surface area contributed by atoms with Gasteiger partial charge in [0.15, 0.2) is 0 Å². The second-order valence-electron chi connectivity index (χ2n) is 12.3. The van der Waals surface area contributed by atoms with Crippen LogP contribution in [-0.2, 0) is 48.0 Å². The number of nitrogens with two attached hydrogens (primary N) is 1. The van der Waals surface area contributed by atoms with Crippen LogP contribution in [0.3, 0.4) is 0 Å². The third-order valence-corrected chi connectivity index (χ3v) is 10.5. The molecule has 2 heterocycles. The van der Waals surface area contributed by atoms with E-state index in [1.54, 1.807) is 60.4 Å². The zero-order chi connectivity index (χ0) is 34.1. The fourth-order valence-electron chi connectivity index (χ4n) is 6.10. The first-order chi connectivity index (χ1) is 22.4. The van der Waals surface area contributed by atoms with Crippen molar-refractivity contribution in [2.24, 2.45) is 11.7 Å². The average molecular weight is 689 g/mol. The van der Waals surface area contributed by atoms with E-state index < -0.39 is 39.8 Å². The highest BCUT2D eigenvalue weighted by molar-refractivity contribution is 7.88. The minimum Gasteiger partial charge on any atom is -0.350 e. The zero-order valence-electron chi connectivity index (χ0n) is 27.0. The van der Waals surface area contributed by atoms with Gasteiger partial charge in [-0.2, -0.15) is 0 Å². The molecule has 47 heavy (non-hydrogen) atoms. The van der Waals surface area contributed by atoms with E-state index in [-0.39, 0.29) is 56.7 Å². The van der Waals surface area contributed by atoms with Crippen LogP contribution in [0.5, 0.6) is 0 Å². The summed E-state index contributed by atoms with van der Waals surface area (Å²) in [6.45, 7) is 4.73. The molecule has 2 fully saturated rings. The number of halogens is 1. The summed E-state index contributed by atoms with van der Waals surface area (Å²) < 4.78 is 29.4. The van der Waals surface area contributed by atoms with Crippen LogP contribution in [0.25, 0.3) is 0 Å². The number of piperidine rings is 1. The number of piperazine rings is 1. The van der Waals surface area contributed by atoms with Crippen molar-refractivity contribution in [3.05, 3.63) is 70.2 Å². The van der Waals surface area contributed by atoms with Gasteiger partial charge in [-0.3, -0.25) is 19.2 Å². The van der Waals surface area contributed by atoms with Crippen LogP contribution in [0.15, 0.2) is 48.5 Å². The smallest absolute Gasteiger partial charge is 0.244 e. The van der Waals surface area contributed by atoms with Crippen LogP contribution in [0.1, 0.15) is 56.2 Å². The molecule has 0 saturated carbocycles. The summed E-state index contributed by atoms with van der Waals surface area (Å²) in [5.41, 5.74) is 7.95. The van der Waals surface area contributed by atoms with Crippen molar-refractivity contribution in [3.63, 3.8) is 0 Å². The maximum absolute atomic E-state index is 14.2. The van der Waals surface area contributed by atoms with Crippen LogP contribution < -0.4 is 15.8 Å². The molecule has 2 aliphatic heterocycles. The molecule has 2 aromatic carbocycles. The number of rotatable bonds is 12. The number of nitrogens with zero attached hydrogens (tertiary/aromatic N) is 3. The third kappa shape index (κ3) is 9.99. The molecule has 0 radical (unpaired) electrons. The molecule has 0 spiro atoms. The van der Waals surface area contributed by atoms with Gasteiger partial charge < -0.3 is 25.8 Å². The normalized spacial score (nSPS) is 18.4. The highest BCUT2D eigenvalue weighted by Gasteiger charge is 2.41. The van der Waals surface area contributed by atoms with Crippen LogP contribution in [0, 0.1) is 5.92 Å². The molecule has 2 aliphatic rings. The van der Waals surface area contributed by atoms with E-state index in [4.69, 9.17) is 17.3 Å². The van der Waals surface area contributed by atoms with Crippen molar-refractivity contribution >= 4 is 45.3 Å². The van der Waals surface area contributed by atoms with Crippen molar-refractivity contribution in [2.75, 3.05) is 32.7 Å². The molecule has 2 saturated heterocycles. The Morgan fingerprint density at radius 2 is 1.66 bits per heavy atom. The minimum absolute atomic E-state index is 0.0317. The molecule has 4 N–H and O–H groups in total. The molecule has 14 heteroatoms. The van der Waals surface area contributed by atoms with Crippen LogP contribution >= 0.6 is 11.6 Å². The van der Waals surface area contributed by atoms with E-state index in [0.717, 1.165) is 30.4 Å². The van der Waals surface area contributed by atoms with Crippen LogP contribution in [-0.4, -0.2) is 91.6 Å². The fraction of sp³-hybridized carbons (Fsp3) is 0.515. The summed E-state index contributed by atoms with van der Waals surface area (Å²) in [6, 6.07) is 11.8. The summed E-state index contributed by atoms with van der Waals surface area (Å²) in [6.07, 6.45) is 2.54. The van der Waals surface area contributed by atoms with Gasteiger partial charge in [0.25, 0.3) is 0 Å². The summed E-state index contributed by atoms with van der Waals surface area (Å²) in [7, 11) is -3.96. The van der Waals surface area contributed by atoms with Gasteiger partial charge in [-0.1, -0.05) is 54.9 Å². The van der Waals surface area contributed by atoms with E-state index >= 15 is 0 Å². The Morgan fingerprint density at radius 1 is 0.957 bits per heavy atom. The Hall–Kier alpha value is -3.52. The second-order valence-corrected chi connectivity index (χ2v) is 14.4. The summed E-state index contributed by atoms with van der Waals surface area (Å²) in [5, 5.41) is 3.35. The first-order valence-corrected chi connectivity index (χ1v) is 18.0. The maximum atomic E-state index is 14.2. The number of hydrogen-bond donors (Lipinski definition) is 3. The van der Waals surface area contributed by atoms with Gasteiger partial charge in [0.05, 0.1) is 18.2 Å². The van der Waals surface area contributed by atoms with Gasteiger partial charge in [-0.05, 0) is 48.1 Å². The molecule has 3 atom stereocenters. The number of benzene rings is 2. The first-order valence-electron chi connectivity index (χ1n) is 16.0. The van der Waals surface area contributed by atoms with E-state index in [2.05, 4.69) is 10.0 Å². The van der Waals surface area contributed by atoms with Crippen LogP contribution in [0.2, 0.25) is 5.02 Å². The van der Waals surface area contributed by atoms with Gasteiger partial charge in [0, 0.05) is 63.7 Å². The van der Waals surface area contributed by atoms with E-state index in [0.29, 0.717) is 23.7 Å². The molecule has 4 rings (SSSR count). The molecule has 4 amide bonds. The average Bonchev–Trinajstić information content (AvgIpc) is 3.06. The molecule has 256 valence electrons. The number of hydrogen-bond acceptors (Lipinski definition) is 7. The van der Waals surface area contributed by atoms with Crippen molar-refractivity contribution in [1.29, 1.82) is 0 Å². The molecule has 0 aliphatic carbocycles. The standard InChI is InChI=1S/C33H45ClN6O6S/c1-23(29(18-31(42)38-13-7-4-8-14-38)37-47(45,46)22-25-9-5-3-6-10-25)33(44)40-16-15-39(24(2)41)21-30(40)32(43)36-20-27-17-28(34)12-11-26(27)19-35/h3,5-6,9-12,17,23,29-30,37H,4,7-8,13-16,18-22,35H2,1-2H3,(H,36,43). The number of nitrogens with one attached hydrogen (secondary N) is 2. The predicted octanol–water partition coefficient (Wildman–Crippen LogP) is 2.00. The first kappa shape index (κ1) is 36.3. The molecule has 12 nitrogen and oxygen atoms in total. The number of carbonyl (C=O) groups is 4. The van der Waals surface area contributed by atoms with Gasteiger partial charge in [0.2, 0.25) is 33.7 Å².